The van der Waals surface area contributed by atoms with Gasteiger partial charge in [-0.05, 0) is 36.1 Å². The topological polar surface area (TPSA) is 59.0 Å². The zero-order valence-electron chi connectivity index (χ0n) is 14.8. The summed E-state index contributed by atoms with van der Waals surface area (Å²) in [6, 6.07) is 13.1. The van der Waals surface area contributed by atoms with Crippen molar-refractivity contribution in [2.45, 2.75) is 24.9 Å². The van der Waals surface area contributed by atoms with Gasteiger partial charge in [0.1, 0.15) is 6.04 Å². The lowest BCUT2D eigenvalue weighted by Crippen LogP contribution is -2.39. The van der Waals surface area contributed by atoms with E-state index >= 15 is 0 Å². The molecule has 0 spiro atoms. The van der Waals surface area contributed by atoms with E-state index in [4.69, 9.17) is 9.47 Å². The first-order valence-electron chi connectivity index (χ1n) is 8.51. The van der Waals surface area contributed by atoms with Gasteiger partial charge in [-0.25, -0.2) is 0 Å². The molecule has 3 rings (SSSR count). The quantitative estimate of drug-likeness (QED) is 0.763. The van der Waals surface area contributed by atoms with Crippen LogP contribution in [0.3, 0.4) is 0 Å². The lowest BCUT2D eigenvalue weighted by Gasteiger charge is -2.33. The Balaban J connectivity index is 2.14. The fourth-order valence-electron chi connectivity index (χ4n) is 3.63. The van der Waals surface area contributed by atoms with Gasteiger partial charge in [-0.3, -0.25) is 9.69 Å². The van der Waals surface area contributed by atoms with Crippen LogP contribution in [0.1, 0.15) is 30.0 Å². The number of likely N-dealkylation sites (tertiary alicyclic amines) is 1. The third-order valence-electron chi connectivity index (χ3n) is 4.82. The zero-order chi connectivity index (χ0) is 18.7. The minimum absolute atomic E-state index is 0.186. The Bertz CT molecular complexity index is 781. The first-order chi connectivity index (χ1) is 12.6. The molecule has 0 saturated carbocycles. The van der Waals surface area contributed by atoms with Gasteiger partial charge >= 0.3 is 5.97 Å². The SMILES string of the molecule is COc1cc(Br)c(C(c2ccccc2)N2CCCC2C(=O)O)cc1OC. The van der Waals surface area contributed by atoms with Crippen LogP contribution in [-0.2, 0) is 4.79 Å². The first kappa shape index (κ1) is 18.7. The molecule has 2 aromatic rings. The summed E-state index contributed by atoms with van der Waals surface area (Å²) in [4.78, 5) is 13.8. The number of carboxylic acid groups (broad SMARTS) is 1. The minimum Gasteiger partial charge on any atom is -0.493 e. The van der Waals surface area contributed by atoms with Gasteiger partial charge in [-0.15, -0.1) is 0 Å². The highest BCUT2D eigenvalue weighted by molar-refractivity contribution is 9.10. The molecule has 0 radical (unpaired) electrons. The minimum atomic E-state index is -0.778. The van der Waals surface area contributed by atoms with E-state index in [9.17, 15) is 9.90 Å². The van der Waals surface area contributed by atoms with E-state index in [1.54, 1.807) is 14.2 Å². The van der Waals surface area contributed by atoms with Crippen LogP contribution in [0.4, 0.5) is 0 Å². The standard InChI is InChI=1S/C20H22BrNO4/c1-25-17-11-14(15(21)12-18(17)26-2)19(13-7-4-3-5-8-13)22-10-6-9-16(22)20(23)24/h3-5,7-8,11-12,16,19H,6,9-10H2,1-2H3,(H,23,24). The number of ether oxygens (including phenoxy) is 2. The summed E-state index contributed by atoms with van der Waals surface area (Å²) >= 11 is 3.64. The number of halogens is 1. The summed E-state index contributed by atoms with van der Waals surface area (Å²) in [6.45, 7) is 0.733. The van der Waals surface area contributed by atoms with Gasteiger partial charge in [-0.1, -0.05) is 46.3 Å². The Morgan fingerprint density at radius 3 is 2.46 bits per heavy atom. The number of nitrogens with zero attached hydrogens (tertiary/aromatic N) is 1. The normalized spacial score (nSPS) is 18.5. The summed E-state index contributed by atoms with van der Waals surface area (Å²) in [5, 5.41) is 9.68. The molecule has 1 aliphatic rings. The Labute approximate surface area is 161 Å². The molecule has 2 aromatic carbocycles. The van der Waals surface area contributed by atoms with Gasteiger partial charge in [0, 0.05) is 11.0 Å². The van der Waals surface area contributed by atoms with Gasteiger partial charge in [0.05, 0.1) is 20.3 Å². The van der Waals surface area contributed by atoms with Crippen molar-refractivity contribution in [3.8, 4) is 11.5 Å². The van der Waals surface area contributed by atoms with Gasteiger partial charge < -0.3 is 14.6 Å². The number of aliphatic carboxylic acids is 1. The second-order valence-electron chi connectivity index (χ2n) is 6.28. The van der Waals surface area contributed by atoms with Gasteiger partial charge in [0.25, 0.3) is 0 Å². The van der Waals surface area contributed by atoms with E-state index in [0.717, 1.165) is 28.6 Å². The fourth-order valence-corrected chi connectivity index (χ4v) is 4.17. The van der Waals surface area contributed by atoms with Crippen LogP contribution in [-0.4, -0.2) is 42.8 Å². The van der Waals surface area contributed by atoms with Crippen molar-refractivity contribution in [1.82, 2.24) is 4.90 Å². The molecule has 0 amide bonds. The third kappa shape index (κ3) is 3.57. The Hall–Kier alpha value is -2.05. The van der Waals surface area contributed by atoms with Crippen molar-refractivity contribution >= 4 is 21.9 Å². The summed E-state index contributed by atoms with van der Waals surface area (Å²) in [5.74, 6) is 0.476. The fraction of sp³-hybridized carbons (Fsp3) is 0.350. The highest BCUT2D eigenvalue weighted by Crippen LogP contribution is 2.42. The van der Waals surface area contributed by atoms with E-state index in [1.807, 2.05) is 42.5 Å². The lowest BCUT2D eigenvalue weighted by atomic mass is 9.95. The van der Waals surface area contributed by atoms with Gasteiger partial charge in [0.15, 0.2) is 11.5 Å². The molecular formula is C20H22BrNO4. The molecule has 1 fully saturated rings. The number of rotatable bonds is 6. The number of methoxy groups -OCH3 is 2. The van der Waals surface area contributed by atoms with Crippen LogP contribution in [0.2, 0.25) is 0 Å². The molecule has 1 saturated heterocycles. The van der Waals surface area contributed by atoms with Crippen LogP contribution >= 0.6 is 15.9 Å². The van der Waals surface area contributed by atoms with Gasteiger partial charge in [0.2, 0.25) is 0 Å². The Morgan fingerprint density at radius 2 is 1.85 bits per heavy atom. The van der Waals surface area contributed by atoms with Crippen LogP contribution < -0.4 is 9.47 Å². The van der Waals surface area contributed by atoms with E-state index in [1.165, 1.54) is 0 Å². The smallest absolute Gasteiger partial charge is 0.320 e. The third-order valence-corrected chi connectivity index (χ3v) is 5.51. The van der Waals surface area contributed by atoms with Crippen molar-refractivity contribution in [3.05, 3.63) is 58.1 Å². The second-order valence-corrected chi connectivity index (χ2v) is 7.13. The van der Waals surface area contributed by atoms with Crippen molar-refractivity contribution < 1.29 is 19.4 Å². The molecular weight excluding hydrogens is 398 g/mol. The average molecular weight is 420 g/mol. The summed E-state index contributed by atoms with van der Waals surface area (Å²) in [6.07, 6.45) is 1.52. The molecule has 0 bridgehead atoms. The molecule has 5 nitrogen and oxygen atoms in total. The maximum absolute atomic E-state index is 11.8. The number of hydrogen-bond donors (Lipinski definition) is 1. The van der Waals surface area contributed by atoms with Crippen molar-refractivity contribution in [3.63, 3.8) is 0 Å². The molecule has 1 heterocycles. The molecule has 0 aliphatic carbocycles. The lowest BCUT2D eigenvalue weighted by molar-refractivity contribution is -0.142. The maximum Gasteiger partial charge on any atom is 0.320 e. The molecule has 1 aliphatic heterocycles. The monoisotopic (exact) mass is 419 g/mol. The number of hydrogen-bond acceptors (Lipinski definition) is 4. The first-order valence-corrected chi connectivity index (χ1v) is 9.31. The molecule has 138 valence electrons. The van der Waals surface area contributed by atoms with Crippen LogP contribution in [0.5, 0.6) is 11.5 Å². The predicted molar refractivity (Wildman–Crippen MR) is 103 cm³/mol. The molecule has 26 heavy (non-hydrogen) atoms. The largest absolute Gasteiger partial charge is 0.493 e. The van der Waals surface area contributed by atoms with Crippen LogP contribution in [0, 0.1) is 0 Å². The molecule has 1 N–H and O–H groups in total. The highest BCUT2D eigenvalue weighted by Gasteiger charge is 2.37. The predicted octanol–water partition coefficient (Wildman–Crippen LogP) is 4.10. The van der Waals surface area contributed by atoms with Crippen molar-refractivity contribution in [1.29, 1.82) is 0 Å². The van der Waals surface area contributed by atoms with E-state index in [-0.39, 0.29) is 6.04 Å². The van der Waals surface area contributed by atoms with E-state index in [2.05, 4.69) is 20.8 Å². The van der Waals surface area contributed by atoms with Crippen molar-refractivity contribution in [2.24, 2.45) is 0 Å². The number of carboxylic acids is 1. The maximum atomic E-state index is 11.8. The Morgan fingerprint density at radius 1 is 1.19 bits per heavy atom. The average Bonchev–Trinajstić information content (AvgIpc) is 3.13. The zero-order valence-corrected chi connectivity index (χ0v) is 16.4. The number of benzene rings is 2. The molecule has 2 atom stereocenters. The Kier molecular flexibility index (Phi) is 5.84. The van der Waals surface area contributed by atoms with E-state index in [0.29, 0.717) is 17.9 Å². The summed E-state index contributed by atoms with van der Waals surface area (Å²) in [7, 11) is 3.20. The van der Waals surface area contributed by atoms with Crippen LogP contribution in [0.25, 0.3) is 0 Å². The summed E-state index contributed by atoms with van der Waals surface area (Å²) in [5.41, 5.74) is 2.01. The summed E-state index contributed by atoms with van der Waals surface area (Å²) < 4.78 is 11.7. The molecule has 2 unspecified atom stereocenters. The molecule has 6 heteroatoms. The second kappa shape index (κ2) is 8.10. The van der Waals surface area contributed by atoms with Gasteiger partial charge in [-0.2, -0.15) is 0 Å². The van der Waals surface area contributed by atoms with Crippen LogP contribution in [0.15, 0.2) is 46.9 Å². The number of carbonyl (C=O) groups is 1. The van der Waals surface area contributed by atoms with Crippen molar-refractivity contribution in [2.75, 3.05) is 20.8 Å². The molecule has 0 aromatic heterocycles. The van der Waals surface area contributed by atoms with E-state index < -0.39 is 12.0 Å². The highest BCUT2D eigenvalue weighted by atomic mass is 79.9.